The third kappa shape index (κ3) is 28.4. The molecule has 11 nitrogen and oxygen atoms in total. The smallest absolute Gasteiger partial charge is 0.150 e. The molecule has 7 rings (SSSR count). The fraction of sp³-hybridized carbons (Fsp3) is 0.183. The topological polar surface area (TPSA) is 147 Å². The highest BCUT2D eigenvalue weighted by molar-refractivity contribution is 14.1. The number of aldehydes is 7. The minimum Gasteiger partial charge on any atom is -0.493 e. The van der Waals surface area contributed by atoms with Crippen LogP contribution in [0.2, 0.25) is 5.02 Å². The van der Waals surface area contributed by atoms with Crippen LogP contribution in [-0.4, -0.2) is 84.8 Å². The molecular weight excluding hydrogens is 1660 g/mol. The lowest BCUT2D eigenvalue weighted by atomic mass is 10.1. The van der Waals surface area contributed by atoms with E-state index in [4.69, 9.17) is 16.3 Å². The largest absolute Gasteiger partial charge is 0.493 e. The molecule has 0 heterocycles. The van der Waals surface area contributed by atoms with E-state index in [-0.39, 0.29) is 0 Å². The summed E-state index contributed by atoms with van der Waals surface area (Å²) in [4.78, 5) is 76.6. The molecule has 424 valence electrons. The molecule has 0 aliphatic heterocycles. The van der Waals surface area contributed by atoms with Gasteiger partial charge in [-0.15, -0.1) is 0 Å². The highest BCUT2D eigenvalue weighted by Gasteiger charge is 2.06. The summed E-state index contributed by atoms with van der Waals surface area (Å²) < 4.78 is 12.8. The Morgan fingerprint density at radius 2 is 0.938 bits per heavy atom. The lowest BCUT2D eigenvalue weighted by Gasteiger charge is -2.18. The number of carbonyl (C=O) groups excluding carboxylic acids is 7. The van der Waals surface area contributed by atoms with E-state index in [2.05, 4.69) is 165 Å². The van der Waals surface area contributed by atoms with Gasteiger partial charge in [-0.05, 0) is 251 Å². The molecule has 0 aromatic heterocycles. The summed E-state index contributed by atoms with van der Waals surface area (Å²) in [6.07, 6.45) is 6.81. The molecule has 0 aliphatic carbocycles. The number of halogens is 9. The van der Waals surface area contributed by atoms with E-state index < -0.39 is 0 Å². The van der Waals surface area contributed by atoms with Gasteiger partial charge in [0.15, 0.2) is 0 Å². The zero-order valence-electron chi connectivity index (χ0n) is 44.6. The van der Waals surface area contributed by atoms with Gasteiger partial charge < -0.3 is 19.9 Å². The first-order valence-corrected chi connectivity index (χ1v) is 31.2. The van der Waals surface area contributed by atoms with Crippen molar-refractivity contribution in [3.63, 3.8) is 0 Å². The Bertz CT molecular complexity index is 3060. The van der Waals surface area contributed by atoms with Gasteiger partial charge in [0.1, 0.15) is 49.8 Å². The molecule has 0 unspecified atom stereocenters. The monoisotopic (exact) mass is 1710 g/mol. The molecule has 0 aliphatic rings. The SMILES string of the molecule is CCN(C)c1ccc(C=O)cc1I.CCNc1ccc(C=O)cc1Br.CCOc1ccc(C=O)cc1Br.CCc1ccc(C=O)cc1Br.CN(C)c1ccc(C=O)cc1Br.O=Cc1cc(Br)cc(I)c1.O=Cc1ccc(Cl)c(Br)c1. The average molecular weight is 1720 g/mol. The number of hydrogen-bond acceptors (Lipinski definition) is 11. The van der Waals surface area contributed by atoms with E-state index in [1.54, 1.807) is 60.7 Å². The number of carbonyl (C=O) groups is 7. The van der Waals surface area contributed by atoms with Gasteiger partial charge in [0.25, 0.3) is 0 Å². The van der Waals surface area contributed by atoms with Crippen LogP contribution in [0.1, 0.15) is 106 Å². The maximum atomic E-state index is 10.5. The maximum Gasteiger partial charge on any atom is 0.150 e. The highest BCUT2D eigenvalue weighted by atomic mass is 127. The van der Waals surface area contributed by atoms with Gasteiger partial charge in [-0.2, -0.15) is 0 Å². The predicted molar refractivity (Wildman–Crippen MR) is 367 cm³/mol. The van der Waals surface area contributed by atoms with E-state index in [0.717, 1.165) is 120 Å². The van der Waals surface area contributed by atoms with Crippen molar-refractivity contribution in [2.75, 3.05) is 56.0 Å². The fourth-order valence-corrected chi connectivity index (χ4v) is 11.6. The van der Waals surface area contributed by atoms with E-state index in [0.29, 0.717) is 45.0 Å². The Labute approximate surface area is 552 Å². The van der Waals surface area contributed by atoms with Crippen LogP contribution in [0.3, 0.4) is 0 Å². The molecule has 1 N–H and O–H groups in total. The molecule has 0 bridgehead atoms. The van der Waals surface area contributed by atoms with Crippen molar-refractivity contribution in [1.82, 2.24) is 0 Å². The van der Waals surface area contributed by atoms with Gasteiger partial charge in [-0.1, -0.05) is 68.6 Å². The molecule has 0 saturated carbocycles. The van der Waals surface area contributed by atoms with E-state index in [1.165, 1.54) is 11.3 Å². The van der Waals surface area contributed by atoms with Gasteiger partial charge in [-0.3, -0.25) is 33.6 Å². The lowest BCUT2D eigenvalue weighted by Crippen LogP contribution is -2.16. The van der Waals surface area contributed by atoms with Crippen molar-refractivity contribution >= 4 is 213 Å². The Hall–Kier alpha value is -3.94. The van der Waals surface area contributed by atoms with Crippen molar-refractivity contribution in [2.45, 2.75) is 34.1 Å². The first-order chi connectivity index (χ1) is 38.1. The summed E-state index contributed by atoms with van der Waals surface area (Å²) in [7, 11) is 5.96. The molecule has 7 aromatic rings. The number of rotatable bonds is 15. The zero-order valence-corrected chi connectivity index (χ0v) is 59.1. The van der Waals surface area contributed by atoms with Crippen LogP contribution < -0.4 is 19.9 Å². The van der Waals surface area contributed by atoms with Crippen LogP contribution in [0.5, 0.6) is 5.75 Å². The van der Waals surface area contributed by atoms with E-state index in [1.807, 2.05) is 107 Å². The summed E-state index contributed by atoms with van der Waals surface area (Å²) >= 11 is 30.0. The normalized spacial score (nSPS) is 9.55. The van der Waals surface area contributed by atoms with Crippen LogP contribution in [0.15, 0.2) is 154 Å². The first kappa shape index (κ1) is 74.1. The lowest BCUT2D eigenvalue weighted by molar-refractivity contribution is 0.111. The maximum absolute atomic E-state index is 10.5. The van der Waals surface area contributed by atoms with Crippen LogP contribution >= 0.6 is 152 Å². The molecule has 0 radical (unpaired) electrons. The first-order valence-electron chi connectivity index (χ1n) is 23.9. The highest BCUT2D eigenvalue weighted by Crippen LogP contribution is 2.28. The van der Waals surface area contributed by atoms with E-state index in [9.17, 15) is 33.6 Å². The molecule has 0 saturated heterocycles. The Balaban J connectivity index is 0.000000467. The fourth-order valence-electron chi connectivity index (χ4n) is 5.99. The second-order valence-corrected chi connectivity index (χ2v) is 24.1. The van der Waals surface area contributed by atoms with Crippen LogP contribution in [-0.2, 0) is 6.42 Å². The Kier molecular flexibility index (Phi) is 38.8. The number of nitrogens with one attached hydrogen (secondary N) is 1. The van der Waals surface area contributed by atoms with Crippen molar-refractivity contribution in [2.24, 2.45) is 0 Å². The quantitative estimate of drug-likeness (QED) is 0.0773. The average Bonchev–Trinajstić information content (AvgIpc) is 3.45. The molecule has 7 aromatic carbocycles. The minimum atomic E-state index is 0.616. The Morgan fingerprint density at radius 3 is 1.35 bits per heavy atom. The van der Waals surface area contributed by atoms with Crippen LogP contribution in [0.25, 0.3) is 0 Å². The summed E-state index contributed by atoms with van der Waals surface area (Å²) in [5, 5.41) is 3.78. The van der Waals surface area contributed by atoms with Crippen molar-refractivity contribution in [3.8, 4) is 5.75 Å². The third-order valence-corrected chi connectivity index (χ3v) is 16.0. The summed E-state index contributed by atoms with van der Waals surface area (Å²) in [5.41, 5.74) is 9.29. The molecule has 80 heavy (non-hydrogen) atoms. The van der Waals surface area contributed by atoms with Gasteiger partial charge in [0.05, 0.1) is 21.8 Å². The van der Waals surface area contributed by atoms with Crippen LogP contribution in [0, 0.1) is 7.14 Å². The number of ether oxygens (including phenoxy) is 1. The van der Waals surface area contributed by atoms with Gasteiger partial charge in [0.2, 0.25) is 0 Å². The van der Waals surface area contributed by atoms with Gasteiger partial charge in [0, 0.05) is 114 Å². The number of hydrogen-bond donors (Lipinski definition) is 1. The van der Waals surface area contributed by atoms with Gasteiger partial charge >= 0.3 is 0 Å². The second kappa shape index (κ2) is 42.0. The number of aryl methyl sites for hydroxylation is 1. The summed E-state index contributed by atoms with van der Waals surface area (Å²) in [5.74, 6) is 0.767. The molecule has 0 amide bonds. The molecule has 0 spiro atoms. The minimum absolute atomic E-state index is 0.616. The van der Waals surface area contributed by atoms with Crippen molar-refractivity contribution in [1.29, 1.82) is 0 Å². The summed E-state index contributed by atoms with van der Waals surface area (Å²) in [6.45, 7) is 10.6. The van der Waals surface area contributed by atoms with Gasteiger partial charge in [-0.25, -0.2) is 0 Å². The Morgan fingerprint density at radius 1 is 0.487 bits per heavy atom. The van der Waals surface area contributed by atoms with Crippen molar-refractivity contribution < 1.29 is 38.3 Å². The number of benzene rings is 7. The van der Waals surface area contributed by atoms with E-state index >= 15 is 0 Å². The predicted octanol–water partition coefficient (Wildman–Crippen LogP) is 18.8. The number of nitrogens with zero attached hydrogens (tertiary/aromatic N) is 2. The number of anilines is 3. The standard InChI is InChI=1S/C10H12INO.2C9H10BrNO.C9H9BrO2.C9H9BrO.C7H4BrClO.C7H4BrIO/c1-3-12(2)10-5-4-8(7-13)6-9(10)11;1-11(2)9-4-3-7(6-12)5-8(9)10;1-2-11-9-4-3-7(6-12)5-8(9)10;1-2-12-9-4-3-7(6-11)5-8(9)10;1-2-8-4-3-7(6-11)5-9(8)10;8-6-3-5(4-10)1-2-7(6)9;8-6-1-5(4-10)2-7(9)3-6/h4-7H,3H2,1-2H3;3-6H,1-2H3;3-6,11H,2H2,1H3;3-6H,2H2,1H3;3-6H,2H2,1H3;2*1-4H. The third-order valence-electron chi connectivity index (χ3n) is 10.2. The van der Waals surface area contributed by atoms with Crippen LogP contribution in [0.4, 0.5) is 17.1 Å². The summed E-state index contributed by atoms with van der Waals surface area (Å²) in [6, 6.07) is 38.2. The molecule has 0 fully saturated rings. The molecule has 0 atom stereocenters. The second-order valence-electron chi connectivity index (χ2n) is 16.1. The zero-order chi connectivity index (χ0) is 60.3. The molecule has 20 heteroatoms. The molecular formula is C60H58Br6ClI2N3O8. The van der Waals surface area contributed by atoms with Crippen molar-refractivity contribution in [3.05, 3.63) is 211 Å².